The molecule has 1 unspecified atom stereocenters. The van der Waals surface area contributed by atoms with E-state index in [4.69, 9.17) is 4.74 Å². The van der Waals surface area contributed by atoms with Crippen LogP contribution in [0, 0.1) is 0 Å². The monoisotopic (exact) mass is 440 g/mol. The van der Waals surface area contributed by atoms with Crippen LogP contribution in [-0.2, 0) is 17.1 Å². The molecule has 7 heteroatoms. The first-order valence-corrected chi connectivity index (χ1v) is 10.8. The molecule has 0 aliphatic carbocycles. The van der Waals surface area contributed by atoms with Gasteiger partial charge in [-0.25, -0.2) is 0 Å². The van der Waals surface area contributed by atoms with Crippen molar-refractivity contribution in [3.05, 3.63) is 34.9 Å². The van der Waals surface area contributed by atoms with E-state index in [0.29, 0.717) is 19.3 Å². The minimum absolute atomic E-state index is 0.0521. The SMILES string of the molecule is CCCCCCCCC(c1cc(C(F)(F)F)cc(C(F)(F)F)c1)C(CC)(CC)OC. The summed E-state index contributed by atoms with van der Waals surface area (Å²) in [7, 11) is 1.49. The average molecular weight is 441 g/mol. The largest absolute Gasteiger partial charge is 0.416 e. The van der Waals surface area contributed by atoms with Gasteiger partial charge in [-0.05, 0) is 43.0 Å². The molecule has 0 amide bonds. The zero-order chi connectivity index (χ0) is 23.0. The third kappa shape index (κ3) is 7.17. The van der Waals surface area contributed by atoms with E-state index in [2.05, 4.69) is 6.92 Å². The van der Waals surface area contributed by atoms with Crippen LogP contribution < -0.4 is 0 Å². The van der Waals surface area contributed by atoms with Crippen molar-refractivity contribution in [3.63, 3.8) is 0 Å². The molecule has 0 aliphatic rings. The zero-order valence-electron chi connectivity index (χ0n) is 18.3. The topological polar surface area (TPSA) is 9.23 Å². The number of ether oxygens (including phenoxy) is 1. The Morgan fingerprint density at radius 2 is 1.20 bits per heavy atom. The van der Waals surface area contributed by atoms with Gasteiger partial charge < -0.3 is 4.74 Å². The van der Waals surface area contributed by atoms with Crippen molar-refractivity contribution in [2.45, 2.75) is 102 Å². The highest BCUT2D eigenvalue weighted by Gasteiger charge is 2.41. The molecular weight excluding hydrogens is 406 g/mol. The maximum Gasteiger partial charge on any atom is 0.416 e. The average Bonchev–Trinajstić information content (AvgIpc) is 2.68. The van der Waals surface area contributed by atoms with Gasteiger partial charge in [-0.15, -0.1) is 0 Å². The fourth-order valence-corrected chi connectivity index (χ4v) is 4.22. The maximum absolute atomic E-state index is 13.4. The Morgan fingerprint density at radius 1 is 0.733 bits per heavy atom. The number of alkyl halides is 6. The van der Waals surface area contributed by atoms with Gasteiger partial charge in [0.2, 0.25) is 0 Å². The summed E-state index contributed by atoms with van der Waals surface area (Å²) >= 11 is 0. The Hall–Kier alpha value is -1.24. The normalized spacial score (nSPS) is 14.2. The summed E-state index contributed by atoms with van der Waals surface area (Å²) in [6, 6.07) is 1.93. The summed E-state index contributed by atoms with van der Waals surface area (Å²) in [5, 5.41) is 0. The van der Waals surface area contributed by atoms with E-state index in [1.54, 1.807) is 0 Å². The number of rotatable bonds is 12. The van der Waals surface area contributed by atoms with Crippen molar-refractivity contribution >= 4 is 0 Å². The van der Waals surface area contributed by atoms with Crippen molar-refractivity contribution in [1.29, 1.82) is 0 Å². The Bertz CT molecular complexity index is 591. The molecule has 174 valence electrons. The van der Waals surface area contributed by atoms with Gasteiger partial charge in [0.25, 0.3) is 0 Å². The molecule has 0 heterocycles. The van der Waals surface area contributed by atoms with Gasteiger partial charge in [-0.2, -0.15) is 26.3 Å². The second-order valence-electron chi connectivity index (χ2n) is 7.92. The summed E-state index contributed by atoms with van der Waals surface area (Å²) in [6.45, 7) is 5.83. The second-order valence-corrected chi connectivity index (χ2v) is 7.92. The quantitative estimate of drug-likeness (QED) is 0.233. The molecule has 1 aromatic carbocycles. The standard InChI is InChI=1S/C23H34F6O/c1-5-8-9-10-11-12-13-20(21(6-2,7-3)30-4)17-14-18(22(24,25)26)16-19(15-17)23(27,28)29/h14-16,20H,5-13H2,1-4H3. The molecule has 30 heavy (non-hydrogen) atoms. The van der Waals surface area contributed by atoms with Crippen LogP contribution in [-0.4, -0.2) is 12.7 Å². The van der Waals surface area contributed by atoms with E-state index in [9.17, 15) is 26.3 Å². The van der Waals surface area contributed by atoms with Crippen molar-refractivity contribution in [3.8, 4) is 0 Å². The number of hydrogen-bond donors (Lipinski definition) is 0. The van der Waals surface area contributed by atoms with E-state index in [0.717, 1.165) is 50.7 Å². The number of unbranched alkanes of at least 4 members (excludes halogenated alkanes) is 5. The second kappa shape index (κ2) is 11.4. The molecule has 0 saturated carbocycles. The molecule has 1 atom stereocenters. The van der Waals surface area contributed by atoms with Gasteiger partial charge in [-0.1, -0.05) is 59.3 Å². The lowest BCUT2D eigenvalue weighted by atomic mass is 9.74. The molecule has 0 aromatic heterocycles. The Balaban J connectivity index is 3.37. The molecular formula is C23H34F6O. The third-order valence-corrected chi connectivity index (χ3v) is 6.10. The van der Waals surface area contributed by atoms with Gasteiger partial charge in [-0.3, -0.25) is 0 Å². The van der Waals surface area contributed by atoms with Crippen LogP contribution in [0.1, 0.15) is 101 Å². The zero-order valence-corrected chi connectivity index (χ0v) is 18.3. The Morgan fingerprint density at radius 3 is 1.60 bits per heavy atom. The van der Waals surface area contributed by atoms with Crippen molar-refractivity contribution in [2.75, 3.05) is 7.11 Å². The van der Waals surface area contributed by atoms with Gasteiger partial charge in [0, 0.05) is 13.0 Å². The lowest BCUT2D eigenvalue weighted by Crippen LogP contribution is -2.37. The van der Waals surface area contributed by atoms with Crippen molar-refractivity contribution in [1.82, 2.24) is 0 Å². The van der Waals surface area contributed by atoms with Crippen molar-refractivity contribution in [2.24, 2.45) is 0 Å². The fourth-order valence-electron chi connectivity index (χ4n) is 4.22. The van der Waals surface area contributed by atoms with Crippen LogP contribution in [0.5, 0.6) is 0 Å². The van der Waals surface area contributed by atoms with E-state index >= 15 is 0 Å². The maximum atomic E-state index is 13.4. The molecule has 0 radical (unpaired) electrons. The van der Waals surface area contributed by atoms with Crippen LogP contribution >= 0.6 is 0 Å². The first kappa shape index (κ1) is 26.8. The molecule has 1 aromatic rings. The molecule has 1 rings (SSSR count). The lowest BCUT2D eigenvalue weighted by molar-refractivity contribution is -0.143. The third-order valence-electron chi connectivity index (χ3n) is 6.10. The molecule has 0 saturated heterocycles. The fraction of sp³-hybridized carbons (Fsp3) is 0.739. The van der Waals surface area contributed by atoms with Crippen LogP contribution in [0.4, 0.5) is 26.3 Å². The molecule has 0 fully saturated rings. The van der Waals surface area contributed by atoms with E-state index in [1.807, 2.05) is 13.8 Å². The number of hydrogen-bond acceptors (Lipinski definition) is 1. The number of halogens is 6. The molecule has 0 N–H and O–H groups in total. The van der Waals surface area contributed by atoms with E-state index < -0.39 is 35.0 Å². The Labute approximate surface area is 176 Å². The van der Waals surface area contributed by atoms with Gasteiger partial charge in [0.1, 0.15) is 0 Å². The molecule has 0 aliphatic heterocycles. The first-order valence-electron chi connectivity index (χ1n) is 10.8. The summed E-state index contributed by atoms with van der Waals surface area (Å²) in [5.41, 5.74) is -3.29. The highest BCUT2D eigenvalue weighted by Crippen LogP contribution is 2.44. The molecule has 0 bridgehead atoms. The number of benzene rings is 1. The first-order chi connectivity index (χ1) is 13.9. The van der Waals surface area contributed by atoms with Gasteiger partial charge >= 0.3 is 12.4 Å². The summed E-state index contributed by atoms with van der Waals surface area (Å²) in [4.78, 5) is 0. The predicted octanol–water partition coefficient (Wildman–Crippen LogP) is 8.76. The lowest BCUT2D eigenvalue weighted by Gasteiger charge is -2.39. The van der Waals surface area contributed by atoms with E-state index in [-0.39, 0.29) is 11.6 Å². The van der Waals surface area contributed by atoms with Crippen LogP contribution in [0.25, 0.3) is 0 Å². The van der Waals surface area contributed by atoms with Crippen LogP contribution in [0.3, 0.4) is 0 Å². The smallest absolute Gasteiger partial charge is 0.378 e. The minimum Gasteiger partial charge on any atom is -0.378 e. The van der Waals surface area contributed by atoms with Crippen LogP contribution in [0.15, 0.2) is 18.2 Å². The van der Waals surface area contributed by atoms with Crippen molar-refractivity contribution < 1.29 is 31.1 Å². The van der Waals surface area contributed by atoms with Gasteiger partial charge in [0.15, 0.2) is 0 Å². The molecule has 1 nitrogen and oxygen atoms in total. The molecule has 0 spiro atoms. The summed E-state index contributed by atoms with van der Waals surface area (Å²) < 4.78 is 85.9. The summed E-state index contributed by atoms with van der Waals surface area (Å²) in [6.07, 6.45) is -2.27. The Kier molecular flexibility index (Phi) is 10.2. The van der Waals surface area contributed by atoms with Gasteiger partial charge in [0.05, 0.1) is 16.7 Å². The highest BCUT2D eigenvalue weighted by molar-refractivity contribution is 5.37. The summed E-state index contributed by atoms with van der Waals surface area (Å²) in [5.74, 6) is -0.549. The highest BCUT2D eigenvalue weighted by atomic mass is 19.4. The van der Waals surface area contributed by atoms with E-state index in [1.165, 1.54) is 7.11 Å². The van der Waals surface area contributed by atoms with Crippen LogP contribution in [0.2, 0.25) is 0 Å². The predicted molar refractivity (Wildman–Crippen MR) is 108 cm³/mol. The minimum atomic E-state index is -4.85. The number of methoxy groups -OCH3 is 1.